The van der Waals surface area contributed by atoms with Crippen LogP contribution in [0.25, 0.3) is 0 Å². The van der Waals surface area contributed by atoms with Gasteiger partial charge in [0.2, 0.25) is 23.6 Å². The summed E-state index contributed by atoms with van der Waals surface area (Å²) in [7, 11) is 0. The largest absolute Gasteiger partial charge is 0.341 e. The number of nitrogens with one attached hydrogen (secondary N) is 4. The van der Waals surface area contributed by atoms with E-state index in [-0.39, 0.29) is 17.1 Å². The zero-order chi connectivity index (χ0) is 23.1. The maximum absolute atomic E-state index is 12.8. The van der Waals surface area contributed by atoms with Gasteiger partial charge in [-0.15, -0.1) is 0 Å². The Hall–Kier alpha value is -3.50. The summed E-state index contributed by atoms with van der Waals surface area (Å²) in [4.78, 5) is 61.6. The molecule has 0 saturated carbocycles. The van der Waals surface area contributed by atoms with E-state index < -0.39 is 45.0 Å². The van der Waals surface area contributed by atoms with E-state index in [9.17, 15) is 29.3 Å². The lowest BCUT2D eigenvalue weighted by Gasteiger charge is -2.32. The Labute approximate surface area is 173 Å². The molecule has 0 unspecified atom stereocenters. The van der Waals surface area contributed by atoms with Crippen molar-refractivity contribution < 1.29 is 24.1 Å². The standard InChI is InChI=1S/C19H25N5O6/c1-17(2)13(25)22-18(3,4)15(27)20-11-8-7-10(24(29)30)9-12(11)21-16(28)19(5,6)23-14(17)26/h7-9H,1-6H3,(H,20,27)(H,21,28)(H,22,25)(H,23,26). The highest BCUT2D eigenvalue weighted by molar-refractivity contribution is 6.11. The summed E-state index contributed by atoms with van der Waals surface area (Å²) in [6, 6.07) is 3.55. The summed E-state index contributed by atoms with van der Waals surface area (Å²) in [6.07, 6.45) is 0. The average molecular weight is 419 g/mol. The molecule has 0 spiro atoms. The first kappa shape index (κ1) is 22.8. The molecule has 1 aromatic carbocycles. The van der Waals surface area contributed by atoms with Gasteiger partial charge in [0.15, 0.2) is 0 Å². The zero-order valence-electron chi connectivity index (χ0n) is 17.6. The van der Waals surface area contributed by atoms with Gasteiger partial charge in [0.05, 0.1) is 16.3 Å². The SMILES string of the molecule is CC1(C)NC(=O)C(C)(C)C(=O)NC(C)(C)C(=O)Nc2cc([N+](=O)[O-])ccc2NC1=O. The molecule has 0 atom stereocenters. The average Bonchev–Trinajstić information content (AvgIpc) is 2.61. The molecule has 4 amide bonds. The fourth-order valence-corrected chi connectivity index (χ4v) is 2.51. The molecule has 0 aromatic heterocycles. The van der Waals surface area contributed by atoms with Crippen LogP contribution in [0.1, 0.15) is 41.5 Å². The Balaban J connectivity index is 2.62. The molecule has 0 aliphatic carbocycles. The Kier molecular flexibility index (Phi) is 5.62. The van der Waals surface area contributed by atoms with Gasteiger partial charge in [0.1, 0.15) is 16.5 Å². The molecule has 1 aliphatic rings. The van der Waals surface area contributed by atoms with Gasteiger partial charge < -0.3 is 21.3 Å². The normalized spacial score (nSPS) is 20.7. The smallest absolute Gasteiger partial charge is 0.271 e. The van der Waals surface area contributed by atoms with Crippen molar-refractivity contribution in [2.24, 2.45) is 5.41 Å². The third-order valence-corrected chi connectivity index (χ3v) is 4.83. The molecule has 11 nitrogen and oxygen atoms in total. The van der Waals surface area contributed by atoms with Gasteiger partial charge in [-0.1, -0.05) is 0 Å². The van der Waals surface area contributed by atoms with E-state index >= 15 is 0 Å². The van der Waals surface area contributed by atoms with Crippen LogP contribution in [0.3, 0.4) is 0 Å². The second kappa shape index (κ2) is 7.39. The van der Waals surface area contributed by atoms with E-state index in [2.05, 4.69) is 21.3 Å². The summed E-state index contributed by atoms with van der Waals surface area (Å²) in [5.41, 5.74) is -4.71. The molecular weight excluding hydrogens is 394 g/mol. The van der Waals surface area contributed by atoms with Crippen LogP contribution in [-0.4, -0.2) is 39.6 Å². The van der Waals surface area contributed by atoms with Crippen LogP contribution in [-0.2, 0) is 19.2 Å². The first-order valence-electron chi connectivity index (χ1n) is 9.14. The van der Waals surface area contributed by atoms with Crippen LogP contribution in [0.4, 0.5) is 17.1 Å². The lowest BCUT2D eigenvalue weighted by molar-refractivity contribution is -0.384. The Morgan fingerprint density at radius 2 is 1.17 bits per heavy atom. The molecule has 30 heavy (non-hydrogen) atoms. The molecule has 2 rings (SSSR count). The van der Waals surface area contributed by atoms with Crippen molar-refractivity contribution >= 4 is 40.7 Å². The monoisotopic (exact) mass is 419 g/mol. The van der Waals surface area contributed by atoms with Crippen molar-refractivity contribution in [1.82, 2.24) is 10.6 Å². The zero-order valence-corrected chi connectivity index (χ0v) is 17.6. The predicted octanol–water partition coefficient (Wildman–Crippen LogP) is 1.30. The summed E-state index contributed by atoms with van der Waals surface area (Å²) < 4.78 is 0. The lowest BCUT2D eigenvalue weighted by Crippen LogP contribution is -2.61. The minimum atomic E-state index is -1.59. The maximum Gasteiger partial charge on any atom is 0.271 e. The van der Waals surface area contributed by atoms with Crippen molar-refractivity contribution in [1.29, 1.82) is 0 Å². The van der Waals surface area contributed by atoms with Gasteiger partial charge in [-0.2, -0.15) is 0 Å². The fraction of sp³-hybridized carbons (Fsp3) is 0.474. The number of nitrogens with zero attached hydrogens (tertiary/aromatic N) is 1. The van der Waals surface area contributed by atoms with Gasteiger partial charge in [0.25, 0.3) is 5.69 Å². The van der Waals surface area contributed by atoms with Gasteiger partial charge in [-0.3, -0.25) is 29.3 Å². The van der Waals surface area contributed by atoms with Gasteiger partial charge in [-0.05, 0) is 47.6 Å². The van der Waals surface area contributed by atoms with E-state index in [1.165, 1.54) is 53.7 Å². The van der Waals surface area contributed by atoms with Crippen LogP contribution >= 0.6 is 0 Å². The summed E-state index contributed by atoms with van der Waals surface area (Å²) in [5, 5.41) is 21.3. The van der Waals surface area contributed by atoms with Crippen LogP contribution in [0, 0.1) is 15.5 Å². The predicted molar refractivity (Wildman–Crippen MR) is 109 cm³/mol. The number of rotatable bonds is 1. The Morgan fingerprint density at radius 3 is 1.60 bits per heavy atom. The summed E-state index contributed by atoms with van der Waals surface area (Å²) in [5.74, 6) is -2.77. The second-order valence-electron chi connectivity index (χ2n) is 8.68. The molecule has 162 valence electrons. The van der Waals surface area contributed by atoms with Crippen molar-refractivity contribution in [3.05, 3.63) is 28.3 Å². The molecule has 0 bridgehead atoms. The number of nitro groups is 1. The van der Waals surface area contributed by atoms with Crippen LogP contribution in [0.15, 0.2) is 18.2 Å². The van der Waals surface area contributed by atoms with E-state index in [1.54, 1.807) is 0 Å². The van der Waals surface area contributed by atoms with Crippen molar-refractivity contribution in [2.75, 3.05) is 10.6 Å². The van der Waals surface area contributed by atoms with Crippen molar-refractivity contribution in [3.63, 3.8) is 0 Å². The van der Waals surface area contributed by atoms with E-state index in [1.807, 2.05) is 0 Å². The summed E-state index contributed by atoms with van der Waals surface area (Å²) >= 11 is 0. The first-order chi connectivity index (χ1) is 13.6. The molecule has 1 heterocycles. The lowest BCUT2D eigenvalue weighted by atomic mass is 9.88. The third kappa shape index (κ3) is 4.39. The number of nitro benzene ring substituents is 1. The van der Waals surface area contributed by atoms with Crippen molar-refractivity contribution in [2.45, 2.75) is 52.6 Å². The number of carbonyl (C=O) groups is 4. The number of hydrogen-bond donors (Lipinski definition) is 4. The quantitative estimate of drug-likeness (QED) is 0.305. The number of benzene rings is 1. The van der Waals surface area contributed by atoms with Gasteiger partial charge in [0, 0.05) is 12.1 Å². The summed E-state index contributed by atoms with van der Waals surface area (Å²) in [6.45, 7) is 8.48. The molecule has 0 fully saturated rings. The number of hydrogen-bond acceptors (Lipinski definition) is 6. The molecule has 1 aromatic rings. The first-order valence-corrected chi connectivity index (χ1v) is 9.14. The Morgan fingerprint density at radius 1 is 0.733 bits per heavy atom. The second-order valence-corrected chi connectivity index (χ2v) is 8.68. The number of fused-ring (bicyclic) bond motifs is 1. The molecule has 0 radical (unpaired) electrons. The minimum absolute atomic E-state index is 0.0227. The van der Waals surface area contributed by atoms with Gasteiger partial charge >= 0.3 is 0 Å². The molecule has 1 aliphatic heterocycles. The number of amides is 4. The van der Waals surface area contributed by atoms with Gasteiger partial charge in [-0.25, -0.2) is 0 Å². The molecular formula is C19H25N5O6. The molecule has 11 heteroatoms. The number of carbonyl (C=O) groups excluding carboxylic acids is 4. The van der Waals surface area contributed by atoms with E-state index in [0.717, 1.165) is 6.07 Å². The fourth-order valence-electron chi connectivity index (χ4n) is 2.51. The van der Waals surface area contributed by atoms with Crippen LogP contribution < -0.4 is 21.3 Å². The highest BCUT2D eigenvalue weighted by atomic mass is 16.6. The highest BCUT2D eigenvalue weighted by Crippen LogP contribution is 2.29. The number of anilines is 2. The van der Waals surface area contributed by atoms with Crippen LogP contribution in [0.5, 0.6) is 0 Å². The number of non-ortho nitro benzene ring substituents is 1. The minimum Gasteiger partial charge on any atom is -0.341 e. The molecule has 0 saturated heterocycles. The topological polar surface area (TPSA) is 160 Å². The maximum atomic E-state index is 12.8. The Bertz CT molecular complexity index is 951. The van der Waals surface area contributed by atoms with Crippen LogP contribution in [0.2, 0.25) is 0 Å². The highest BCUT2D eigenvalue weighted by Gasteiger charge is 2.44. The van der Waals surface area contributed by atoms with E-state index in [4.69, 9.17) is 0 Å². The van der Waals surface area contributed by atoms with Crippen molar-refractivity contribution in [3.8, 4) is 0 Å². The molecule has 4 N–H and O–H groups in total. The van der Waals surface area contributed by atoms with E-state index in [0.29, 0.717) is 0 Å². The third-order valence-electron chi connectivity index (χ3n) is 4.83.